The lowest BCUT2D eigenvalue weighted by Gasteiger charge is -2.27. The van der Waals surface area contributed by atoms with E-state index in [4.69, 9.17) is 0 Å². The SMILES string of the molecule is CCCCC(CC)CC(CC(CC)CCCC)NCC. The Bertz CT molecular complexity index is 172. The van der Waals surface area contributed by atoms with Gasteiger partial charge in [-0.25, -0.2) is 0 Å². The molecule has 0 aliphatic rings. The van der Waals surface area contributed by atoms with Crippen molar-refractivity contribution in [2.45, 2.75) is 105 Å². The third-order valence-corrected chi connectivity index (χ3v) is 4.82. The summed E-state index contributed by atoms with van der Waals surface area (Å²) in [7, 11) is 0. The van der Waals surface area contributed by atoms with Crippen LogP contribution in [0.4, 0.5) is 0 Å². The summed E-state index contributed by atoms with van der Waals surface area (Å²) in [5.41, 5.74) is 0. The van der Waals surface area contributed by atoms with Crippen LogP contribution in [0.15, 0.2) is 0 Å². The van der Waals surface area contributed by atoms with Gasteiger partial charge in [0.1, 0.15) is 0 Å². The van der Waals surface area contributed by atoms with Gasteiger partial charge in [0, 0.05) is 6.04 Å². The first-order valence-electron chi connectivity index (χ1n) is 9.44. The van der Waals surface area contributed by atoms with Gasteiger partial charge in [-0.1, -0.05) is 86.0 Å². The van der Waals surface area contributed by atoms with Crippen LogP contribution in [0.2, 0.25) is 0 Å². The molecule has 0 bridgehead atoms. The largest absolute Gasteiger partial charge is 0.314 e. The molecule has 20 heavy (non-hydrogen) atoms. The van der Waals surface area contributed by atoms with E-state index in [0.29, 0.717) is 0 Å². The highest BCUT2D eigenvalue weighted by Gasteiger charge is 2.18. The van der Waals surface area contributed by atoms with Gasteiger partial charge in [0.2, 0.25) is 0 Å². The fourth-order valence-electron chi connectivity index (χ4n) is 3.32. The summed E-state index contributed by atoms with van der Waals surface area (Å²) < 4.78 is 0. The number of unbranched alkanes of at least 4 members (excludes halogenated alkanes) is 2. The molecule has 0 fully saturated rings. The molecule has 1 nitrogen and oxygen atoms in total. The summed E-state index contributed by atoms with van der Waals surface area (Å²) >= 11 is 0. The van der Waals surface area contributed by atoms with E-state index in [9.17, 15) is 0 Å². The lowest BCUT2D eigenvalue weighted by molar-refractivity contribution is 0.291. The van der Waals surface area contributed by atoms with Crippen molar-refractivity contribution in [2.24, 2.45) is 11.8 Å². The predicted molar refractivity (Wildman–Crippen MR) is 93.3 cm³/mol. The van der Waals surface area contributed by atoms with Crippen molar-refractivity contribution in [3.63, 3.8) is 0 Å². The van der Waals surface area contributed by atoms with E-state index in [1.165, 1.54) is 64.2 Å². The molecule has 2 atom stereocenters. The molecular formula is C19H41N. The Morgan fingerprint density at radius 2 is 1.15 bits per heavy atom. The van der Waals surface area contributed by atoms with Gasteiger partial charge < -0.3 is 5.32 Å². The maximum Gasteiger partial charge on any atom is 0.00722 e. The fraction of sp³-hybridized carbons (Fsp3) is 1.00. The van der Waals surface area contributed by atoms with Crippen LogP contribution in [0.3, 0.4) is 0 Å². The average Bonchev–Trinajstić information content (AvgIpc) is 2.47. The lowest BCUT2D eigenvalue weighted by atomic mass is 9.85. The van der Waals surface area contributed by atoms with Crippen LogP contribution < -0.4 is 5.32 Å². The second kappa shape index (κ2) is 13.9. The van der Waals surface area contributed by atoms with Gasteiger partial charge in [-0.3, -0.25) is 0 Å². The average molecular weight is 284 g/mol. The summed E-state index contributed by atoms with van der Waals surface area (Å²) in [4.78, 5) is 0. The van der Waals surface area contributed by atoms with Gasteiger partial charge in [0.15, 0.2) is 0 Å². The zero-order valence-electron chi connectivity index (χ0n) is 15.0. The third-order valence-electron chi connectivity index (χ3n) is 4.82. The highest BCUT2D eigenvalue weighted by molar-refractivity contribution is 4.75. The Balaban J connectivity index is 4.29. The van der Waals surface area contributed by atoms with Crippen molar-refractivity contribution in [2.75, 3.05) is 6.54 Å². The van der Waals surface area contributed by atoms with Gasteiger partial charge in [0.05, 0.1) is 0 Å². The Kier molecular flexibility index (Phi) is 13.9. The molecule has 0 aromatic heterocycles. The maximum absolute atomic E-state index is 3.77. The quantitative estimate of drug-likeness (QED) is 0.401. The lowest BCUT2D eigenvalue weighted by Crippen LogP contribution is -2.33. The molecular weight excluding hydrogens is 242 g/mol. The van der Waals surface area contributed by atoms with Gasteiger partial charge in [0.25, 0.3) is 0 Å². The summed E-state index contributed by atoms with van der Waals surface area (Å²) in [6.45, 7) is 12.8. The summed E-state index contributed by atoms with van der Waals surface area (Å²) in [5, 5.41) is 3.77. The van der Waals surface area contributed by atoms with E-state index in [2.05, 4.69) is 39.9 Å². The molecule has 0 aromatic carbocycles. The minimum absolute atomic E-state index is 0.753. The molecule has 0 aliphatic heterocycles. The molecule has 0 aromatic rings. The van der Waals surface area contributed by atoms with E-state index < -0.39 is 0 Å². The minimum Gasteiger partial charge on any atom is -0.314 e. The molecule has 0 aliphatic carbocycles. The predicted octanol–water partition coefficient (Wildman–Crippen LogP) is 6.18. The molecule has 1 N–H and O–H groups in total. The maximum atomic E-state index is 3.77. The first-order chi connectivity index (χ1) is 9.71. The van der Waals surface area contributed by atoms with E-state index in [1.54, 1.807) is 0 Å². The van der Waals surface area contributed by atoms with Crippen molar-refractivity contribution < 1.29 is 0 Å². The van der Waals surface area contributed by atoms with Crippen LogP contribution >= 0.6 is 0 Å². The molecule has 122 valence electrons. The molecule has 0 saturated carbocycles. The molecule has 0 heterocycles. The van der Waals surface area contributed by atoms with Gasteiger partial charge >= 0.3 is 0 Å². The van der Waals surface area contributed by atoms with Crippen LogP contribution in [0.5, 0.6) is 0 Å². The van der Waals surface area contributed by atoms with Crippen molar-refractivity contribution in [3.05, 3.63) is 0 Å². The molecule has 2 unspecified atom stereocenters. The Labute approximate surface area is 129 Å². The van der Waals surface area contributed by atoms with Crippen LogP contribution in [0.1, 0.15) is 98.8 Å². The smallest absolute Gasteiger partial charge is 0.00722 e. The molecule has 0 spiro atoms. The highest BCUT2D eigenvalue weighted by atomic mass is 14.9. The molecule has 0 saturated heterocycles. The van der Waals surface area contributed by atoms with E-state index in [-0.39, 0.29) is 0 Å². The Morgan fingerprint density at radius 1 is 0.700 bits per heavy atom. The zero-order valence-corrected chi connectivity index (χ0v) is 15.0. The second-order valence-corrected chi connectivity index (χ2v) is 6.56. The topological polar surface area (TPSA) is 12.0 Å². The Hall–Kier alpha value is -0.0400. The van der Waals surface area contributed by atoms with Gasteiger partial charge in [-0.15, -0.1) is 0 Å². The zero-order chi connectivity index (χ0) is 15.2. The minimum atomic E-state index is 0.753. The summed E-state index contributed by atoms with van der Waals surface area (Å²) in [6.07, 6.45) is 13.9. The van der Waals surface area contributed by atoms with Crippen LogP contribution in [0, 0.1) is 11.8 Å². The first kappa shape index (κ1) is 20.0. The fourth-order valence-corrected chi connectivity index (χ4v) is 3.32. The van der Waals surface area contributed by atoms with Gasteiger partial charge in [-0.05, 0) is 31.2 Å². The summed E-state index contributed by atoms with van der Waals surface area (Å²) in [5.74, 6) is 1.87. The normalized spacial score (nSPS) is 16.1. The van der Waals surface area contributed by atoms with Crippen molar-refractivity contribution >= 4 is 0 Å². The highest BCUT2D eigenvalue weighted by Crippen LogP contribution is 2.25. The monoisotopic (exact) mass is 283 g/mol. The van der Waals surface area contributed by atoms with Crippen molar-refractivity contribution in [1.29, 1.82) is 0 Å². The van der Waals surface area contributed by atoms with E-state index in [1.807, 2.05) is 0 Å². The van der Waals surface area contributed by atoms with E-state index in [0.717, 1.165) is 24.4 Å². The number of rotatable bonds is 14. The number of nitrogens with one attached hydrogen (secondary N) is 1. The number of hydrogen-bond donors (Lipinski definition) is 1. The van der Waals surface area contributed by atoms with Crippen LogP contribution in [-0.4, -0.2) is 12.6 Å². The molecule has 0 radical (unpaired) electrons. The molecule has 0 amide bonds. The first-order valence-corrected chi connectivity index (χ1v) is 9.44. The van der Waals surface area contributed by atoms with Crippen LogP contribution in [0.25, 0.3) is 0 Å². The van der Waals surface area contributed by atoms with Gasteiger partial charge in [-0.2, -0.15) is 0 Å². The van der Waals surface area contributed by atoms with E-state index >= 15 is 0 Å². The molecule has 1 heteroatoms. The standard InChI is InChI=1S/C19H41N/c1-6-11-13-17(8-3)15-19(20-10-5)16-18(9-4)14-12-7-2/h17-20H,6-16H2,1-5H3. The summed E-state index contributed by atoms with van der Waals surface area (Å²) in [6, 6.07) is 0.753. The molecule has 0 rings (SSSR count). The van der Waals surface area contributed by atoms with Crippen molar-refractivity contribution in [3.8, 4) is 0 Å². The Morgan fingerprint density at radius 3 is 1.45 bits per heavy atom. The van der Waals surface area contributed by atoms with Crippen molar-refractivity contribution in [1.82, 2.24) is 5.32 Å². The third kappa shape index (κ3) is 9.80. The van der Waals surface area contributed by atoms with Crippen LogP contribution in [-0.2, 0) is 0 Å². The second-order valence-electron chi connectivity index (χ2n) is 6.56. The number of hydrogen-bond acceptors (Lipinski definition) is 1.